The quantitative estimate of drug-likeness (QED) is 0.708. The molecule has 3 nitrogen and oxygen atoms in total. The second-order valence-electron chi connectivity index (χ2n) is 4.91. The molecule has 0 bridgehead atoms. The maximum Gasteiger partial charge on any atom is 0.230 e. The minimum atomic E-state index is 0.0315. The van der Waals surface area contributed by atoms with Gasteiger partial charge in [-0.15, -0.1) is 0 Å². The lowest BCUT2D eigenvalue weighted by Gasteiger charge is -2.38. The van der Waals surface area contributed by atoms with Gasteiger partial charge in [-0.25, -0.2) is 0 Å². The highest BCUT2D eigenvalue weighted by molar-refractivity contribution is 8.00. The van der Waals surface area contributed by atoms with Gasteiger partial charge in [0.2, 0.25) is 5.91 Å². The van der Waals surface area contributed by atoms with Crippen molar-refractivity contribution >= 4 is 23.5 Å². The van der Waals surface area contributed by atoms with Crippen molar-refractivity contribution in [3.8, 4) is 0 Å². The SMILES string of the molecule is CSC1(CN2CC(=O)CC2=O)CCCCC1. The molecule has 90 valence electrons. The molecule has 1 aliphatic carbocycles. The number of likely N-dealkylation sites (tertiary alicyclic amines) is 1. The van der Waals surface area contributed by atoms with Crippen LogP contribution >= 0.6 is 11.8 Å². The van der Waals surface area contributed by atoms with Gasteiger partial charge in [0.15, 0.2) is 5.78 Å². The maximum atomic E-state index is 11.6. The van der Waals surface area contributed by atoms with Gasteiger partial charge in [-0.05, 0) is 19.1 Å². The van der Waals surface area contributed by atoms with Crippen LogP contribution in [-0.4, -0.2) is 40.7 Å². The number of Topliss-reactive ketones (excluding diaryl/α,β-unsaturated/α-hetero) is 1. The first-order valence-corrected chi connectivity index (χ1v) is 7.22. The molecule has 1 amide bonds. The van der Waals surface area contributed by atoms with E-state index in [1.807, 2.05) is 11.8 Å². The summed E-state index contributed by atoms with van der Waals surface area (Å²) in [5.74, 6) is 0.112. The van der Waals surface area contributed by atoms with Crippen LogP contribution in [0.15, 0.2) is 0 Å². The molecule has 0 aromatic rings. The van der Waals surface area contributed by atoms with Crippen molar-refractivity contribution in [2.24, 2.45) is 0 Å². The van der Waals surface area contributed by atoms with Crippen molar-refractivity contribution < 1.29 is 9.59 Å². The van der Waals surface area contributed by atoms with Gasteiger partial charge < -0.3 is 4.90 Å². The van der Waals surface area contributed by atoms with E-state index in [4.69, 9.17) is 0 Å². The van der Waals surface area contributed by atoms with Crippen molar-refractivity contribution in [3.05, 3.63) is 0 Å². The van der Waals surface area contributed by atoms with Crippen LogP contribution in [0.3, 0.4) is 0 Å². The van der Waals surface area contributed by atoms with Crippen LogP contribution in [0.1, 0.15) is 38.5 Å². The van der Waals surface area contributed by atoms with E-state index >= 15 is 0 Å². The van der Waals surface area contributed by atoms with Gasteiger partial charge in [-0.3, -0.25) is 9.59 Å². The monoisotopic (exact) mass is 241 g/mol. The van der Waals surface area contributed by atoms with E-state index < -0.39 is 0 Å². The molecule has 1 aliphatic heterocycles. The van der Waals surface area contributed by atoms with Gasteiger partial charge in [0.25, 0.3) is 0 Å². The Morgan fingerprint density at radius 2 is 1.94 bits per heavy atom. The lowest BCUT2D eigenvalue weighted by molar-refractivity contribution is -0.128. The van der Waals surface area contributed by atoms with E-state index in [9.17, 15) is 9.59 Å². The first kappa shape index (κ1) is 12.0. The van der Waals surface area contributed by atoms with Crippen LogP contribution in [-0.2, 0) is 9.59 Å². The smallest absolute Gasteiger partial charge is 0.230 e. The third-order valence-electron chi connectivity index (χ3n) is 3.75. The normalized spacial score (nSPS) is 25.2. The summed E-state index contributed by atoms with van der Waals surface area (Å²) >= 11 is 1.88. The van der Waals surface area contributed by atoms with Crippen molar-refractivity contribution in [3.63, 3.8) is 0 Å². The van der Waals surface area contributed by atoms with E-state index in [0.717, 1.165) is 6.54 Å². The fraction of sp³-hybridized carbons (Fsp3) is 0.833. The van der Waals surface area contributed by atoms with E-state index in [0.29, 0.717) is 6.54 Å². The zero-order chi connectivity index (χ0) is 11.6. The summed E-state index contributed by atoms with van der Waals surface area (Å²) in [6.07, 6.45) is 8.47. The maximum absolute atomic E-state index is 11.6. The van der Waals surface area contributed by atoms with Gasteiger partial charge >= 0.3 is 0 Å². The predicted octanol–water partition coefficient (Wildman–Crippen LogP) is 1.85. The number of rotatable bonds is 3. The Labute approximate surface area is 101 Å². The van der Waals surface area contributed by atoms with Crippen molar-refractivity contribution in [1.29, 1.82) is 0 Å². The molecule has 4 heteroatoms. The summed E-state index contributed by atoms with van der Waals surface area (Å²) in [5.41, 5.74) is 0. The fourth-order valence-corrected chi connectivity index (χ4v) is 3.73. The Kier molecular flexibility index (Phi) is 3.57. The Morgan fingerprint density at radius 1 is 1.25 bits per heavy atom. The summed E-state index contributed by atoms with van der Waals surface area (Å²) in [6.45, 7) is 1.12. The first-order chi connectivity index (χ1) is 7.65. The number of carbonyl (C=O) groups excluding carboxylic acids is 2. The average molecular weight is 241 g/mol. The van der Waals surface area contributed by atoms with Crippen molar-refractivity contribution in [2.75, 3.05) is 19.3 Å². The topological polar surface area (TPSA) is 37.4 Å². The van der Waals surface area contributed by atoms with E-state index in [2.05, 4.69) is 6.26 Å². The molecule has 0 unspecified atom stereocenters. The molecule has 0 spiro atoms. The highest BCUT2D eigenvalue weighted by atomic mass is 32.2. The van der Waals surface area contributed by atoms with Gasteiger partial charge in [0.05, 0.1) is 13.0 Å². The number of hydrogen-bond acceptors (Lipinski definition) is 3. The van der Waals surface area contributed by atoms with Crippen molar-refractivity contribution in [2.45, 2.75) is 43.3 Å². The first-order valence-electron chi connectivity index (χ1n) is 6.00. The summed E-state index contributed by atoms with van der Waals surface area (Å²) in [5, 5.41) is 0. The average Bonchev–Trinajstić information content (AvgIpc) is 2.59. The molecule has 1 heterocycles. The summed E-state index contributed by atoms with van der Waals surface area (Å²) in [7, 11) is 0. The Hall–Kier alpha value is -0.510. The van der Waals surface area contributed by atoms with Crippen molar-refractivity contribution in [1.82, 2.24) is 4.90 Å². The Balaban J connectivity index is 2.00. The zero-order valence-electron chi connectivity index (χ0n) is 9.83. The molecule has 1 saturated heterocycles. The van der Waals surface area contributed by atoms with Crippen LogP contribution < -0.4 is 0 Å². The third-order valence-corrected chi connectivity index (χ3v) is 5.15. The molecule has 0 aromatic heterocycles. The van der Waals surface area contributed by atoms with E-state index in [1.54, 1.807) is 4.90 Å². The van der Waals surface area contributed by atoms with Crippen LogP contribution in [0.25, 0.3) is 0 Å². The number of hydrogen-bond donors (Lipinski definition) is 0. The Morgan fingerprint density at radius 3 is 2.44 bits per heavy atom. The van der Waals surface area contributed by atoms with E-state index in [1.165, 1.54) is 32.1 Å². The molecular weight excluding hydrogens is 222 g/mol. The predicted molar refractivity (Wildman–Crippen MR) is 65.5 cm³/mol. The van der Waals surface area contributed by atoms with Gasteiger partial charge in [0, 0.05) is 11.3 Å². The molecule has 0 aromatic carbocycles. The number of thioether (sulfide) groups is 1. The minimum absolute atomic E-state index is 0.0315. The fourth-order valence-electron chi connectivity index (χ4n) is 2.75. The lowest BCUT2D eigenvalue weighted by Crippen LogP contribution is -2.42. The Bertz CT molecular complexity index is 297. The molecule has 2 rings (SSSR count). The number of nitrogens with zero attached hydrogens (tertiary/aromatic N) is 1. The van der Waals surface area contributed by atoms with Gasteiger partial charge in [-0.2, -0.15) is 11.8 Å². The lowest BCUT2D eigenvalue weighted by atomic mass is 9.88. The zero-order valence-corrected chi connectivity index (χ0v) is 10.6. The number of amides is 1. The summed E-state index contributed by atoms with van der Waals surface area (Å²) in [6, 6.07) is 0. The summed E-state index contributed by atoms with van der Waals surface area (Å²) < 4.78 is 0.221. The number of carbonyl (C=O) groups is 2. The molecule has 16 heavy (non-hydrogen) atoms. The third kappa shape index (κ3) is 2.42. The molecule has 2 aliphatic rings. The highest BCUT2D eigenvalue weighted by Gasteiger charge is 2.37. The molecule has 0 radical (unpaired) electrons. The summed E-state index contributed by atoms with van der Waals surface area (Å²) in [4.78, 5) is 24.6. The molecular formula is C12H19NO2S. The molecule has 2 fully saturated rings. The standard InChI is InChI=1S/C12H19NO2S/c1-16-12(5-3-2-4-6-12)9-13-8-10(14)7-11(13)15/h2-9H2,1H3. The second-order valence-corrected chi connectivity index (χ2v) is 6.19. The molecule has 1 saturated carbocycles. The largest absolute Gasteiger partial charge is 0.334 e. The minimum Gasteiger partial charge on any atom is -0.334 e. The van der Waals surface area contributed by atoms with Gasteiger partial charge in [-0.1, -0.05) is 19.3 Å². The van der Waals surface area contributed by atoms with E-state index in [-0.39, 0.29) is 22.9 Å². The van der Waals surface area contributed by atoms with Gasteiger partial charge in [0.1, 0.15) is 0 Å². The number of ketones is 1. The molecule has 0 N–H and O–H groups in total. The van der Waals surface area contributed by atoms with Crippen LogP contribution in [0.5, 0.6) is 0 Å². The van der Waals surface area contributed by atoms with Crippen LogP contribution in [0.4, 0.5) is 0 Å². The molecule has 0 atom stereocenters. The highest BCUT2D eigenvalue weighted by Crippen LogP contribution is 2.39. The van der Waals surface area contributed by atoms with Crippen LogP contribution in [0.2, 0.25) is 0 Å². The van der Waals surface area contributed by atoms with Crippen LogP contribution in [0, 0.1) is 0 Å². The second kappa shape index (κ2) is 4.78.